The Morgan fingerprint density at radius 3 is 2.52 bits per heavy atom. The number of hydrogen-bond donors (Lipinski definition) is 2. The number of nitrogens with one attached hydrogen (secondary N) is 2. The average Bonchev–Trinajstić information content (AvgIpc) is 3.19. The van der Waals surface area contributed by atoms with Gasteiger partial charge in [0, 0.05) is 36.5 Å². The molecule has 2 amide bonds. The summed E-state index contributed by atoms with van der Waals surface area (Å²) in [4.78, 5) is 28.5. The Balaban J connectivity index is 1.44. The number of para-hydroxylation sites is 1. The molecular weight excluding hydrogens is 386 g/mol. The number of thioether (sulfide) groups is 1. The molecule has 2 aliphatic rings. The number of carbonyl (C=O) groups excluding carboxylic acids is 2. The van der Waals surface area contributed by atoms with Crippen LogP contribution in [0.4, 0.5) is 17.1 Å². The van der Waals surface area contributed by atoms with Gasteiger partial charge in [0.05, 0.1) is 17.0 Å². The maximum atomic E-state index is 12.7. The Hall–Kier alpha value is -3.13. The molecule has 0 saturated heterocycles. The summed E-state index contributed by atoms with van der Waals surface area (Å²) in [6.07, 6.45) is 2.72. The summed E-state index contributed by atoms with van der Waals surface area (Å²) in [5.41, 5.74) is 3.45. The molecule has 0 fully saturated rings. The summed E-state index contributed by atoms with van der Waals surface area (Å²) in [5, 5.41) is 12.3. The van der Waals surface area contributed by atoms with Gasteiger partial charge in [-0.2, -0.15) is 5.10 Å². The van der Waals surface area contributed by atoms with Crippen molar-refractivity contribution in [1.29, 1.82) is 0 Å². The maximum absolute atomic E-state index is 12.7. The number of amides is 2. The lowest BCUT2D eigenvalue weighted by molar-refractivity contribution is -0.115. The highest BCUT2D eigenvalue weighted by Crippen LogP contribution is 2.41. The van der Waals surface area contributed by atoms with Crippen molar-refractivity contribution in [3.63, 3.8) is 0 Å². The lowest BCUT2D eigenvalue weighted by Crippen LogP contribution is -2.31. The number of carbonyl (C=O) groups is 2. The Morgan fingerprint density at radius 2 is 1.79 bits per heavy atom. The van der Waals surface area contributed by atoms with Crippen LogP contribution < -0.4 is 10.6 Å². The van der Waals surface area contributed by atoms with Crippen LogP contribution in [-0.2, 0) is 9.59 Å². The molecule has 0 aliphatic carbocycles. The van der Waals surface area contributed by atoms with E-state index in [4.69, 9.17) is 4.99 Å². The number of hydrazone groups is 1. The summed E-state index contributed by atoms with van der Waals surface area (Å²) in [5.74, 6) is -0.256. The number of nitrogens with zero attached hydrogens (tertiary/aromatic N) is 3. The van der Waals surface area contributed by atoms with E-state index < -0.39 is 0 Å². The first-order valence-electron chi connectivity index (χ1n) is 9.36. The third-order valence-electron chi connectivity index (χ3n) is 4.66. The molecule has 7 nitrogen and oxygen atoms in total. The van der Waals surface area contributed by atoms with Crippen LogP contribution in [0, 0.1) is 0 Å². The van der Waals surface area contributed by atoms with Crippen LogP contribution in [0.5, 0.6) is 0 Å². The quantitative estimate of drug-likeness (QED) is 0.798. The van der Waals surface area contributed by atoms with Gasteiger partial charge < -0.3 is 10.6 Å². The van der Waals surface area contributed by atoms with Gasteiger partial charge >= 0.3 is 0 Å². The molecular formula is C21H21N5O2S. The molecule has 2 atom stereocenters. The fraction of sp³-hybridized carbons (Fsp3) is 0.238. The van der Waals surface area contributed by atoms with E-state index >= 15 is 0 Å². The molecule has 0 unspecified atom stereocenters. The largest absolute Gasteiger partial charge is 0.326 e. The van der Waals surface area contributed by atoms with Crippen molar-refractivity contribution in [2.45, 2.75) is 31.6 Å². The predicted molar refractivity (Wildman–Crippen MR) is 118 cm³/mol. The zero-order valence-electron chi connectivity index (χ0n) is 16.1. The Labute approximate surface area is 173 Å². The highest BCUT2D eigenvalue weighted by molar-refractivity contribution is 8.14. The summed E-state index contributed by atoms with van der Waals surface area (Å²) < 4.78 is 0. The van der Waals surface area contributed by atoms with Gasteiger partial charge in [0.1, 0.15) is 0 Å². The SMILES string of the molecule is CC(=O)Nc1ccc(NC(=O)[C@@H](C)SC2=Nc3ccccc3[C@@H]3CC=NN23)cc1. The van der Waals surface area contributed by atoms with Gasteiger partial charge in [-0.15, -0.1) is 0 Å². The third-order valence-corrected chi connectivity index (χ3v) is 5.72. The van der Waals surface area contributed by atoms with E-state index in [0.717, 1.165) is 22.8 Å². The third kappa shape index (κ3) is 4.17. The minimum Gasteiger partial charge on any atom is -0.326 e. The molecule has 29 heavy (non-hydrogen) atoms. The Bertz CT molecular complexity index is 1000. The van der Waals surface area contributed by atoms with E-state index in [1.54, 1.807) is 24.3 Å². The van der Waals surface area contributed by atoms with Gasteiger partial charge in [-0.1, -0.05) is 30.0 Å². The minimum absolute atomic E-state index is 0.122. The van der Waals surface area contributed by atoms with Crippen molar-refractivity contribution in [1.82, 2.24) is 5.01 Å². The lowest BCUT2D eigenvalue weighted by Gasteiger charge is -2.30. The molecule has 2 heterocycles. The van der Waals surface area contributed by atoms with Crippen molar-refractivity contribution >= 4 is 52.0 Å². The van der Waals surface area contributed by atoms with Crippen LogP contribution >= 0.6 is 11.8 Å². The molecule has 0 spiro atoms. The number of hydrogen-bond acceptors (Lipinski definition) is 6. The second-order valence-corrected chi connectivity index (χ2v) is 8.16. The molecule has 4 rings (SSSR count). The molecule has 2 aliphatic heterocycles. The number of aliphatic imine (C=N–C) groups is 1. The number of amidine groups is 1. The minimum atomic E-state index is -0.356. The molecule has 8 heteroatoms. The van der Waals surface area contributed by atoms with Gasteiger partial charge in [-0.05, 0) is 37.3 Å². The van der Waals surface area contributed by atoms with Crippen molar-refractivity contribution in [2.75, 3.05) is 10.6 Å². The second kappa shape index (κ2) is 8.08. The fourth-order valence-corrected chi connectivity index (χ4v) is 4.17. The molecule has 2 aromatic rings. The van der Waals surface area contributed by atoms with Crippen LogP contribution in [0.3, 0.4) is 0 Å². The first-order valence-corrected chi connectivity index (χ1v) is 10.2. The van der Waals surface area contributed by atoms with E-state index in [1.807, 2.05) is 36.3 Å². The average molecular weight is 407 g/mol. The summed E-state index contributed by atoms with van der Waals surface area (Å²) in [6, 6.07) is 15.2. The summed E-state index contributed by atoms with van der Waals surface area (Å²) in [7, 11) is 0. The maximum Gasteiger partial charge on any atom is 0.237 e. The highest BCUT2D eigenvalue weighted by Gasteiger charge is 2.34. The zero-order chi connectivity index (χ0) is 20.4. The Kier molecular flexibility index (Phi) is 5.35. The summed E-state index contributed by atoms with van der Waals surface area (Å²) >= 11 is 1.39. The standard InChI is InChI=1S/C21H21N5O2S/c1-13(20(28)24-16-9-7-15(8-10-16)23-14(2)27)29-21-25-18-6-4-3-5-17(18)19-11-12-22-26(19)21/h3-10,12-13,19H,11H2,1-2H3,(H,23,27)(H,24,28)/t13-,19+/m1/s1. The molecule has 0 bridgehead atoms. The van der Waals surface area contributed by atoms with E-state index in [2.05, 4.69) is 21.8 Å². The number of benzene rings is 2. The molecule has 0 saturated carbocycles. The Morgan fingerprint density at radius 1 is 1.10 bits per heavy atom. The molecule has 2 aromatic carbocycles. The van der Waals surface area contributed by atoms with Crippen molar-refractivity contribution < 1.29 is 9.59 Å². The van der Waals surface area contributed by atoms with Gasteiger partial charge in [-0.25, -0.2) is 10.0 Å². The normalized spacial score (nSPS) is 17.8. The second-order valence-electron chi connectivity index (χ2n) is 6.86. The fourth-order valence-electron chi connectivity index (χ4n) is 3.26. The van der Waals surface area contributed by atoms with Crippen LogP contribution in [0.1, 0.15) is 31.9 Å². The van der Waals surface area contributed by atoms with E-state index in [-0.39, 0.29) is 23.1 Å². The lowest BCUT2D eigenvalue weighted by atomic mass is 10.0. The topological polar surface area (TPSA) is 86.2 Å². The smallest absolute Gasteiger partial charge is 0.237 e. The zero-order valence-corrected chi connectivity index (χ0v) is 16.9. The molecule has 2 N–H and O–H groups in total. The predicted octanol–water partition coefficient (Wildman–Crippen LogP) is 4.14. The monoisotopic (exact) mass is 407 g/mol. The van der Waals surface area contributed by atoms with Gasteiger partial charge in [0.2, 0.25) is 11.8 Å². The summed E-state index contributed by atoms with van der Waals surface area (Å²) in [6.45, 7) is 3.30. The van der Waals surface area contributed by atoms with Gasteiger partial charge in [0.25, 0.3) is 0 Å². The van der Waals surface area contributed by atoms with Crippen LogP contribution in [0.25, 0.3) is 0 Å². The highest BCUT2D eigenvalue weighted by atomic mass is 32.2. The van der Waals surface area contributed by atoms with Gasteiger partial charge in [-0.3, -0.25) is 9.59 Å². The van der Waals surface area contributed by atoms with Crippen LogP contribution in [0.2, 0.25) is 0 Å². The molecule has 148 valence electrons. The van der Waals surface area contributed by atoms with Crippen molar-refractivity contribution in [2.24, 2.45) is 10.1 Å². The van der Waals surface area contributed by atoms with Crippen LogP contribution in [0.15, 0.2) is 58.6 Å². The van der Waals surface area contributed by atoms with Crippen molar-refractivity contribution in [3.8, 4) is 0 Å². The van der Waals surface area contributed by atoms with Gasteiger partial charge in [0.15, 0.2) is 5.17 Å². The van der Waals surface area contributed by atoms with E-state index in [1.165, 1.54) is 18.7 Å². The first-order chi connectivity index (χ1) is 14.0. The molecule has 0 radical (unpaired) electrons. The van der Waals surface area contributed by atoms with E-state index in [9.17, 15) is 9.59 Å². The first kappa shape index (κ1) is 19.2. The van der Waals surface area contributed by atoms with E-state index in [0.29, 0.717) is 11.4 Å². The van der Waals surface area contributed by atoms with Crippen LogP contribution in [-0.4, -0.2) is 33.5 Å². The number of rotatable bonds is 4. The number of anilines is 2. The number of fused-ring (bicyclic) bond motifs is 3. The molecule has 0 aromatic heterocycles. The van der Waals surface area contributed by atoms with Crippen molar-refractivity contribution in [3.05, 3.63) is 54.1 Å².